The third-order valence-electron chi connectivity index (χ3n) is 4.05. The van der Waals surface area contributed by atoms with Gasteiger partial charge in [0.15, 0.2) is 5.76 Å². The van der Waals surface area contributed by atoms with E-state index >= 15 is 0 Å². The Bertz CT molecular complexity index is 733. The van der Waals surface area contributed by atoms with Crippen LogP contribution in [0, 0.1) is 13.8 Å². The highest BCUT2D eigenvalue weighted by molar-refractivity contribution is 7.89. The molecule has 0 atom stereocenters. The van der Waals surface area contributed by atoms with Gasteiger partial charge in [0.05, 0.1) is 13.2 Å². The van der Waals surface area contributed by atoms with Crippen LogP contribution in [0.15, 0.2) is 9.42 Å². The number of amides is 2. The maximum atomic E-state index is 12.3. The number of aryl methyl sites for hydroxylation is 2. The molecule has 1 fully saturated rings. The van der Waals surface area contributed by atoms with E-state index < -0.39 is 15.9 Å². The zero-order valence-corrected chi connectivity index (χ0v) is 15.9. The van der Waals surface area contributed by atoms with Gasteiger partial charge in [0.1, 0.15) is 10.6 Å². The first-order valence-electron chi connectivity index (χ1n) is 8.38. The molecule has 26 heavy (non-hydrogen) atoms. The summed E-state index contributed by atoms with van der Waals surface area (Å²) < 4.78 is 36.6. The Morgan fingerprint density at radius 3 is 2.50 bits per heavy atom. The van der Waals surface area contributed by atoms with E-state index in [2.05, 4.69) is 15.2 Å². The summed E-state index contributed by atoms with van der Waals surface area (Å²) in [5.74, 6) is -0.267. The van der Waals surface area contributed by atoms with Crippen molar-refractivity contribution >= 4 is 22.0 Å². The first-order chi connectivity index (χ1) is 12.2. The van der Waals surface area contributed by atoms with Crippen molar-refractivity contribution in [2.24, 2.45) is 0 Å². The lowest BCUT2D eigenvalue weighted by Gasteiger charge is -2.31. The molecule has 2 rings (SSSR count). The molecule has 146 valence electrons. The van der Waals surface area contributed by atoms with Crippen molar-refractivity contribution < 1.29 is 27.3 Å². The molecule has 0 saturated carbocycles. The number of hydrogen-bond donors (Lipinski definition) is 2. The van der Waals surface area contributed by atoms with Crippen LogP contribution in [-0.2, 0) is 19.6 Å². The van der Waals surface area contributed by atoms with E-state index in [-0.39, 0.29) is 35.0 Å². The van der Waals surface area contributed by atoms with Crippen LogP contribution in [0.4, 0.5) is 4.79 Å². The minimum absolute atomic E-state index is 0.0481. The third-order valence-corrected chi connectivity index (χ3v) is 5.69. The summed E-state index contributed by atoms with van der Waals surface area (Å²) >= 11 is 0. The molecule has 0 aliphatic carbocycles. The van der Waals surface area contributed by atoms with Crippen LogP contribution in [0.2, 0.25) is 0 Å². The summed E-state index contributed by atoms with van der Waals surface area (Å²) in [7, 11) is -3.88. The second kappa shape index (κ2) is 8.49. The molecule has 1 aromatic heterocycles. The Morgan fingerprint density at radius 2 is 1.96 bits per heavy atom. The van der Waals surface area contributed by atoms with Gasteiger partial charge in [-0.05, 0) is 33.6 Å². The van der Waals surface area contributed by atoms with Gasteiger partial charge in [-0.25, -0.2) is 17.9 Å². The quantitative estimate of drug-likeness (QED) is 0.717. The Labute approximate surface area is 152 Å². The number of nitrogens with zero attached hydrogens (tertiary/aromatic N) is 2. The van der Waals surface area contributed by atoms with Crippen molar-refractivity contribution in [3.8, 4) is 0 Å². The standard InChI is InChI=1S/C15H24N4O6S/c1-4-24-15(21)19-7-5-12(6-8-19)17-13(20)9-16-26(22,23)14-10(2)18-25-11(14)3/h12,16H,4-9H2,1-3H3,(H,17,20). The van der Waals surface area contributed by atoms with Crippen LogP contribution in [0.25, 0.3) is 0 Å². The lowest BCUT2D eigenvalue weighted by molar-refractivity contribution is -0.120. The minimum Gasteiger partial charge on any atom is -0.450 e. The average Bonchev–Trinajstić information content (AvgIpc) is 2.93. The van der Waals surface area contributed by atoms with Crippen molar-refractivity contribution in [1.82, 2.24) is 20.1 Å². The zero-order valence-electron chi connectivity index (χ0n) is 15.1. The Kier molecular flexibility index (Phi) is 6.59. The largest absolute Gasteiger partial charge is 0.450 e. The first kappa shape index (κ1) is 20.2. The Hall–Kier alpha value is -2.14. The monoisotopic (exact) mass is 388 g/mol. The maximum absolute atomic E-state index is 12.3. The molecule has 1 aliphatic rings. The van der Waals surface area contributed by atoms with E-state index in [0.717, 1.165) is 0 Å². The van der Waals surface area contributed by atoms with E-state index in [0.29, 0.717) is 32.5 Å². The van der Waals surface area contributed by atoms with Crippen LogP contribution in [0.1, 0.15) is 31.2 Å². The summed E-state index contributed by atoms with van der Waals surface area (Å²) in [5, 5.41) is 6.37. The summed E-state index contributed by atoms with van der Waals surface area (Å²) in [6.45, 7) is 5.65. The van der Waals surface area contributed by atoms with Gasteiger partial charge in [-0.15, -0.1) is 0 Å². The predicted octanol–water partition coefficient (Wildman–Crippen LogP) is 0.307. The number of piperidine rings is 1. The Balaban J connectivity index is 1.80. The van der Waals surface area contributed by atoms with Crippen molar-refractivity contribution in [2.45, 2.75) is 44.6 Å². The van der Waals surface area contributed by atoms with E-state index in [4.69, 9.17) is 9.26 Å². The number of nitrogens with one attached hydrogen (secondary N) is 2. The van der Waals surface area contributed by atoms with Crippen LogP contribution < -0.4 is 10.0 Å². The normalized spacial score (nSPS) is 15.7. The lowest BCUT2D eigenvalue weighted by Crippen LogP contribution is -2.48. The molecule has 1 aromatic rings. The molecule has 2 N–H and O–H groups in total. The van der Waals surface area contributed by atoms with Gasteiger partial charge in [0.2, 0.25) is 15.9 Å². The number of likely N-dealkylation sites (tertiary alicyclic amines) is 1. The van der Waals surface area contributed by atoms with E-state index in [1.165, 1.54) is 13.8 Å². The first-order valence-corrected chi connectivity index (χ1v) is 9.86. The molecule has 1 saturated heterocycles. The maximum Gasteiger partial charge on any atom is 0.409 e. The molecule has 2 heterocycles. The number of rotatable bonds is 6. The fourth-order valence-electron chi connectivity index (χ4n) is 2.79. The van der Waals surface area contributed by atoms with Crippen LogP contribution in [0.3, 0.4) is 0 Å². The highest BCUT2D eigenvalue weighted by Gasteiger charge is 2.27. The van der Waals surface area contributed by atoms with Gasteiger partial charge in [-0.3, -0.25) is 4.79 Å². The van der Waals surface area contributed by atoms with Crippen LogP contribution >= 0.6 is 0 Å². The molecule has 0 radical (unpaired) electrons. The Morgan fingerprint density at radius 1 is 1.31 bits per heavy atom. The second-order valence-corrected chi connectivity index (χ2v) is 7.71. The zero-order chi connectivity index (χ0) is 19.3. The van der Waals surface area contributed by atoms with Gasteiger partial charge in [-0.2, -0.15) is 0 Å². The van der Waals surface area contributed by atoms with E-state index in [1.807, 2.05) is 0 Å². The fourth-order valence-corrected chi connectivity index (χ4v) is 4.10. The topological polar surface area (TPSA) is 131 Å². The van der Waals surface area contributed by atoms with Crippen molar-refractivity contribution in [3.05, 3.63) is 11.5 Å². The number of carbonyl (C=O) groups excluding carboxylic acids is 2. The summed E-state index contributed by atoms with van der Waals surface area (Å²) in [6, 6.07) is -0.114. The van der Waals surface area contributed by atoms with Crippen molar-refractivity contribution in [2.75, 3.05) is 26.2 Å². The van der Waals surface area contributed by atoms with E-state index in [9.17, 15) is 18.0 Å². The number of hydrogen-bond acceptors (Lipinski definition) is 7. The molecule has 10 nitrogen and oxygen atoms in total. The predicted molar refractivity (Wildman–Crippen MR) is 90.9 cm³/mol. The second-order valence-electron chi connectivity index (χ2n) is 6.01. The number of sulfonamides is 1. The molecule has 0 bridgehead atoms. The van der Waals surface area contributed by atoms with Gasteiger partial charge >= 0.3 is 6.09 Å². The van der Waals surface area contributed by atoms with Crippen molar-refractivity contribution in [1.29, 1.82) is 0 Å². The van der Waals surface area contributed by atoms with Gasteiger partial charge in [0, 0.05) is 19.1 Å². The third kappa shape index (κ3) is 4.94. The molecule has 0 spiro atoms. The SMILES string of the molecule is CCOC(=O)N1CCC(NC(=O)CNS(=O)(=O)c2c(C)noc2C)CC1. The molecule has 0 aromatic carbocycles. The van der Waals surface area contributed by atoms with Crippen LogP contribution in [-0.4, -0.2) is 62.8 Å². The fraction of sp³-hybridized carbons (Fsp3) is 0.667. The lowest BCUT2D eigenvalue weighted by atomic mass is 10.1. The summed E-state index contributed by atoms with van der Waals surface area (Å²) in [4.78, 5) is 25.2. The number of carbonyl (C=O) groups is 2. The van der Waals surface area contributed by atoms with Gasteiger partial charge in [0.25, 0.3) is 0 Å². The molecular formula is C15H24N4O6S. The van der Waals surface area contributed by atoms with Crippen molar-refractivity contribution in [3.63, 3.8) is 0 Å². The number of ether oxygens (including phenoxy) is 1. The highest BCUT2D eigenvalue weighted by atomic mass is 32.2. The molecule has 11 heteroatoms. The molecule has 2 amide bonds. The summed E-state index contributed by atoms with van der Waals surface area (Å²) in [6.07, 6.45) is 0.812. The minimum atomic E-state index is -3.88. The highest BCUT2D eigenvalue weighted by Crippen LogP contribution is 2.18. The molecule has 1 aliphatic heterocycles. The number of aromatic nitrogens is 1. The summed E-state index contributed by atoms with van der Waals surface area (Å²) in [5.41, 5.74) is 0.238. The molecule has 0 unspecified atom stereocenters. The van der Waals surface area contributed by atoms with Gasteiger partial charge in [-0.1, -0.05) is 5.16 Å². The van der Waals surface area contributed by atoms with Crippen LogP contribution in [0.5, 0.6) is 0 Å². The molecular weight excluding hydrogens is 364 g/mol. The van der Waals surface area contributed by atoms with E-state index in [1.54, 1.807) is 11.8 Å². The smallest absolute Gasteiger partial charge is 0.409 e. The van der Waals surface area contributed by atoms with Gasteiger partial charge < -0.3 is 19.5 Å². The average molecular weight is 388 g/mol.